The van der Waals surface area contributed by atoms with E-state index in [1.807, 2.05) is 6.07 Å². The molecule has 1 aliphatic rings. The van der Waals surface area contributed by atoms with Crippen LogP contribution in [0.2, 0.25) is 0 Å². The second-order valence-corrected chi connectivity index (χ2v) is 4.36. The molecule has 2 rings (SSSR count). The summed E-state index contributed by atoms with van der Waals surface area (Å²) in [6.07, 6.45) is 0. The van der Waals surface area contributed by atoms with E-state index < -0.39 is 39.8 Å². The summed E-state index contributed by atoms with van der Waals surface area (Å²) in [6, 6.07) is 2.28. The van der Waals surface area contributed by atoms with Crippen LogP contribution in [0, 0.1) is 33.1 Å². The van der Waals surface area contributed by atoms with Crippen LogP contribution in [0.15, 0.2) is 12.1 Å². The molecule has 7 nitrogen and oxygen atoms in total. The summed E-state index contributed by atoms with van der Waals surface area (Å²) in [5.41, 5.74) is -1.99. The Kier molecular flexibility index (Phi) is 4.09. The highest BCUT2D eigenvalue weighted by molar-refractivity contribution is 5.96. The van der Waals surface area contributed by atoms with Crippen molar-refractivity contribution in [2.24, 2.45) is 0 Å². The van der Waals surface area contributed by atoms with Crippen LogP contribution in [0.4, 0.5) is 14.5 Å². The van der Waals surface area contributed by atoms with Gasteiger partial charge in [0.2, 0.25) is 5.82 Å². The van der Waals surface area contributed by atoms with Crippen LogP contribution < -0.4 is 5.32 Å². The number of carbonyl (C=O) groups excluding carboxylic acids is 1. The zero-order chi connectivity index (χ0) is 15.6. The largest absolute Gasteiger partial charge is 0.320 e. The van der Waals surface area contributed by atoms with Crippen molar-refractivity contribution >= 4 is 11.6 Å². The number of benzene rings is 1. The summed E-state index contributed by atoms with van der Waals surface area (Å²) in [5, 5.41) is 22.5. The number of hydrogen-bond donors (Lipinski definition) is 1. The standard InChI is InChI=1S/C12H10F2N4O3/c13-8-1-2-9(18(20)21)11(14)10(8)12(19)17-4-3-16-6-7(17)5-15/h1-2,7,16H,3-4,6H2. The molecule has 0 aliphatic carbocycles. The Morgan fingerprint density at radius 1 is 1.52 bits per heavy atom. The molecule has 1 aromatic rings. The maximum atomic E-state index is 14.0. The lowest BCUT2D eigenvalue weighted by Gasteiger charge is -2.32. The monoisotopic (exact) mass is 296 g/mol. The maximum absolute atomic E-state index is 14.0. The van der Waals surface area contributed by atoms with Crippen LogP contribution in [0.1, 0.15) is 10.4 Å². The average molecular weight is 296 g/mol. The first-order chi connectivity index (χ1) is 9.97. The lowest BCUT2D eigenvalue weighted by Crippen LogP contribution is -2.53. The number of nitro groups is 1. The summed E-state index contributed by atoms with van der Waals surface area (Å²) in [7, 11) is 0. The van der Waals surface area contributed by atoms with Crippen molar-refractivity contribution in [2.45, 2.75) is 6.04 Å². The van der Waals surface area contributed by atoms with Gasteiger partial charge in [-0.3, -0.25) is 14.9 Å². The number of nitrogens with zero attached hydrogens (tertiary/aromatic N) is 3. The van der Waals surface area contributed by atoms with Gasteiger partial charge in [0.15, 0.2) is 0 Å². The third kappa shape index (κ3) is 2.66. The van der Waals surface area contributed by atoms with E-state index in [1.54, 1.807) is 0 Å². The fourth-order valence-corrected chi connectivity index (χ4v) is 2.08. The number of amides is 1. The molecule has 0 aromatic heterocycles. The fraction of sp³-hybridized carbons (Fsp3) is 0.333. The zero-order valence-electron chi connectivity index (χ0n) is 10.7. The normalized spacial score (nSPS) is 18.1. The predicted octanol–water partition coefficient (Wildman–Crippen LogP) is 0.811. The Balaban J connectivity index is 2.46. The van der Waals surface area contributed by atoms with Crippen LogP contribution in [0.5, 0.6) is 0 Å². The third-order valence-corrected chi connectivity index (χ3v) is 3.13. The number of carbonyl (C=O) groups is 1. The smallest absolute Gasteiger partial charge is 0.305 e. The molecule has 1 saturated heterocycles. The minimum absolute atomic E-state index is 0.0820. The Bertz CT molecular complexity index is 644. The minimum Gasteiger partial charge on any atom is -0.320 e. The molecule has 0 bridgehead atoms. The molecule has 1 aliphatic heterocycles. The van der Waals surface area contributed by atoms with E-state index >= 15 is 0 Å². The van der Waals surface area contributed by atoms with E-state index in [1.165, 1.54) is 0 Å². The van der Waals surface area contributed by atoms with E-state index in [0.29, 0.717) is 18.7 Å². The summed E-state index contributed by atoms with van der Waals surface area (Å²) in [6.45, 7) is 0.612. The maximum Gasteiger partial charge on any atom is 0.305 e. The van der Waals surface area contributed by atoms with Gasteiger partial charge in [-0.2, -0.15) is 9.65 Å². The summed E-state index contributed by atoms with van der Waals surface area (Å²) in [4.78, 5) is 22.9. The number of nitro benzene ring substituents is 1. The molecule has 1 aromatic carbocycles. The Morgan fingerprint density at radius 3 is 2.86 bits per heavy atom. The molecule has 1 heterocycles. The Morgan fingerprint density at radius 2 is 2.24 bits per heavy atom. The van der Waals surface area contributed by atoms with E-state index in [-0.39, 0.29) is 13.1 Å². The van der Waals surface area contributed by atoms with Gasteiger partial charge in [-0.1, -0.05) is 0 Å². The van der Waals surface area contributed by atoms with Crippen molar-refractivity contribution in [1.82, 2.24) is 10.2 Å². The highest BCUT2D eigenvalue weighted by Crippen LogP contribution is 2.25. The second kappa shape index (κ2) is 5.80. The number of rotatable bonds is 2. The first-order valence-electron chi connectivity index (χ1n) is 6.01. The molecule has 1 amide bonds. The van der Waals surface area contributed by atoms with E-state index in [0.717, 1.165) is 4.90 Å². The van der Waals surface area contributed by atoms with Crippen molar-refractivity contribution in [3.63, 3.8) is 0 Å². The van der Waals surface area contributed by atoms with Gasteiger partial charge in [0.25, 0.3) is 5.91 Å². The van der Waals surface area contributed by atoms with Gasteiger partial charge in [-0.05, 0) is 6.07 Å². The minimum atomic E-state index is -1.53. The molecule has 1 fully saturated rings. The van der Waals surface area contributed by atoms with Gasteiger partial charge in [0.05, 0.1) is 11.0 Å². The number of hydrogen-bond acceptors (Lipinski definition) is 5. The molecule has 0 spiro atoms. The van der Waals surface area contributed by atoms with Crippen molar-refractivity contribution in [1.29, 1.82) is 5.26 Å². The molecular weight excluding hydrogens is 286 g/mol. The third-order valence-electron chi connectivity index (χ3n) is 3.13. The molecule has 1 unspecified atom stereocenters. The van der Waals surface area contributed by atoms with Gasteiger partial charge >= 0.3 is 5.69 Å². The van der Waals surface area contributed by atoms with Crippen LogP contribution in [-0.4, -0.2) is 41.4 Å². The number of nitriles is 1. The number of piperazine rings is 1. The van der Waals surface area contributed by atoms with Crippen molar-refractivity contribution in [3.05, 3.63) is 39.4 Å². The summed E-state index contributed by atoms with van der Waals surface area (Å²) in [5.74, 6) is -3.79. The Labute approximate surface area is 117 Å². The molecule has 110 valence electrons. The van der Waals surface area contributed by atoms with E-state index in [9.17, 15) is 23.7 Å². The molecular formula is C12H10F2N4O3. The van der Waals surface area contributed by atoms with Crippen LogP contribution in [0.25, 0.3) is 0 Å². The van der Waals surface area contributed by atoms with E-state index in [4.69, 9.17) is 5.26 Å². The lowest BCUT2D eigenvalue weighted by atomic mass is 10.1. The van der Waals surface area contributed by atoms with Crippen LogP contribution in [-0.2, 0) is 0 Å². The second-order valence-electron chi connectivity index (χ2n) is 4.36. The predicted molar refractivity (Wildman–Crippen MR) is 66.3 cm³/mol. The van der Waals surface area contributed by atoms with Gasteiger partial charge in [0.1, 0.15) is 17.4 Å². The molecule has 1 N–H and O–H groups in total. The molecule has 0 saturated carbocycles. The molecule has 21 heavy (non-hydrogen) atoms. The Hall–Kier alpha value is -2.60. The van der Waals surface area contributed by atoms with Gasteiger partial charge < -0.3 is 10.2 Å². The average Bonchev–Trinajstić information content (AvgIpc) is 2.46. The number of nitrogens with one attached hydrogen (secondary N) is 1. The van der Waals surface area contributed by atoms with Gasteiger partial charge in [-0.25, -0.2) is 4.39 Å². The SMILES string of the molecule is N#CC1CNCCN1C(=O)c1c(F)ccc([N+](=O)[O-])c1F. The van der Waals surface area contributed by atoms with Crippen molar-refractivity contribution in [3.8, 4) is 6.07 Å². The van der Waals surface area contributed by atoms with Gasteiger partial charge in [0, 0.05) is 25.7 Å². The summed E-state index contributed by atoms with van der Waals surface area (Å²) < 4.78 is 27.7. The van der Waals surface area contributed by atoms with Gasteiger partial charge in [-0.15, -0.1) is 0 Å². The first-order valence-corrected chi connectivity index (χ1v) is 6.01. The highest BCUT2D eigenvalue weighted by Gasteiger charge is 2.33. The van der Waals surface area contributed by atoms with E-state index in [2.05, 4.69) is 5.32 Å². The van der Waals surface area contributed by atoms with Crippen LogP contribution >= 0.6 is 0 Å². The summed E-state index contributed by atoms with van der Waals surface area (Å²) >= 11 is 0. The van der Waals surface area contributed by atoms with Crippen LogP contribution in [0.3, 0.4) is 0 Å². The quantitative estimate of drug-likeness (QED) is 0.643. The fourth-order valence-electron chi connectivity index (χ4n) is 2.08. The first kappa shape index (κ1) is 14.8. The molecule has 9 heteroatoms. The lowest BCUT2D eigenvalue weighted by molar-refractivity contribution is -0.387. The molecule has 1 atom stereocenters. The number of halogens is 2. The molecule has 0 radical (unpaired) electrons. The zero-order valence-corrected chi connectivity index (χ0v) is 10.7. The van der Waals surface area contributed by atoms with Crippen molar-refractivity contribution < 1.29 is 18.5 Å². The van der Waals surface area contributed by atoms with Crippen molar-refractivity contribution in [2.75, 3.05) is 19.6 Å². The topological polar surface area (TPSA) is 99.3 Å². The highest BCUT2D eigenvalue weighted by atomic mass is 19.1.